The molecule has 0 aliphatic heterocycles. The lowest BCUT2D eigenvalue weighted by atomic mass is 9.87. The average molecular weight is 480 g/mol. The number of allylic oxidation sites excluding steroid dienone is 1. The number of carboxylic acid groups (broad SMARTS) is 1. The van der Waals surface area contributed by atoms with Crippen LogP contribution in [0.15, 0.2) is 48.3 Å². The fraction of sp³-hybridized carbons (Fsp3) is 0.160. The molecule has 1 aliphatic rings. The highest BCUT2D eigenvalue weighted by molar-refractivity contribution is 7.77. The monoisotopic (exact) mass is 479 g/mol. The highest BCUT2D eigenvalue weighted by Gasteiger charge is 2.29. The van der Waals surface area contributed by atoms with E-state index in [1.807, 2.05) is 38.1 Å². The molecule has 7 nitrogen and oxygen atoms in total. The van der Waals surface area contributed by atoms with Crippen molar-refractivity contribution in [2.75, 3.05) is 0 Å². The molecule has 0 saturated carbocycles. The van der Waals surface area contributed by atoms with Crippen molar-refractivity contribution in [1.29, 1.82) is 0 Å². The predicted octanol–water partition coefficient (Wildman–Crippen LogP) is 5.41. The van der Waals surface area contributed by atoms with Gasteiger partial charge in [-0.25, -0.2) is 13.4 Å². The van der Waals surface area contributed by atoms with E-state index in [2.05, 4.69) is 14.7 Å². The molecule has 34 heavy (non-hydrogen) atoms. The van der Waals surface area contributed by atoms with Crippen molar-refractivity contribution in [3.8, 4) is 22.4 Å². The number of hydrogen-bond donors (Lipinski definition) is 5. The Morgan fingerprint density at radius 1 is 1.21 bits per heavy atom. The van der Waals surface area contributed by atoms with Gasteiger partial charge in [0.15, 0.2) is 0 Å². The molecule has 1 unspecified atom stereocenters. The Labute approximate surface area is 197 Å². The Balaban J connectivity index is 1.81. The van der Waals surface area contributed by atoms with Crippen LogP contribution in [-0.4, -0.2) is 29.8 Å². The first-order valence-electron chi connectivity index (χ1n) is 10.7. The molecular weight excluding hydrogens is 457 g/mol. The van der Waals surface area contributed by atoms with Gasteiger partial charge in [-0.05, 0) is 52.4 Å². The second kappa shape index (κ2) is 8.27. The zero-order valence-corrected chi connectivity index (χ0v) is 19.2. The van der Waals surface area contributed by atoms with Gasteiger partial charge in [0, 0.05) is 40.3 Å². The molecule has 5 rings (SSSR count). The first-order chi connectivity index (χ1) is 16.2. The van der Waals surface area contributed by atoms with E-state index >= 15 is 0 Å². The van der Waals surface area contributed by atoms with Crippen LogP contribution in [0.25, 0.3) is 39.4 Å². The maximum absolute atomic E-state index is 14.5. The molecule has 0 bridgehead atoms. The van der Waals surface area contributed by atoms with E-state index < -0.39 is 23.1 Å². The summed E-state index contributed by atoms with van der Waals surface area (Å²) in [5, 5.41) is 10.9. The molecule has 0 amide bonds. The minimum absolute atomic E-state index is 0.0144. The zero-order valence-electron chi connectivity index (χ0n) is 18.4. The molecule has 0 radical (unpaired) electrons. The first-order valence-corrected chi connectivity index (χ1v) is 11.8. The molecular formula is C25H22FN3O4S. The summed E-state index contributed by atoms with van der Waals surface area (Å²) in [6.07, 6.45) is 3.92. The number of H-pyrrole nitrogens is 2. The number of fused-ring (bicyclic) bond motifs is 2. The number of halogens is 1. The summed E-state index contributed by atoms with van der Waals surface area (Å²) in [5.74, 6) is -1.64. The molecule has 2 aromatic heterocycles. The van der Waals surface area contributed by atoms with E-state index in [-0.39, 0.29) is 11.6 Å². The number of aromatic amines is 2. The van der Waals surface area contributed by atoms with Crippen LogP contribution < -0.4 is 4.72 Å². The van der Waals surface area contributed by atoms with E-state index in [1.54, 1.807) is 12.3 Å². The highest BCUT2D eigenvalue weighted by Crippen LogP contribution is 2.44. The van der Waals surface area contributed by atoms with Crippen LogP contribution in [-0.2, 0) is 17.7 Å². The summed E-state index contributed by atoms with van der Waals surface area (Å²) in [5.41, 5.74) is 6.04. The molecule has 1 atom stereocenters. The van der Waals surface area contributed by atoms with Gasteiger partial charge < -0.3 is 15.1 Å². The largest absolute Gasteiger partial charge is 0.477 e. The lowest BCUT2D eigenvalue weighted by Crippen LogP contribution is -2.15. The van der Waals surface area contributed by atoms with Gasteiger partial charge in [0.25, 0.3) is 11.3 Å². The van der Waals surface area contributed by atoms with Crippen molar-refractivity contribution in [2.45, 2.75) is 26.2 Å². The van der Waals surface area contributed by atoms with E-state index in [4.69, 9.17) is 0 Å². The van der Waals surface area contributed by atoms with Gasteiger partial charge >= 0.3 is 5.97 Å². The average Bonchev–Trinajstić information content (AvgIpc) is 3.47. The number of hydrogen-bond acceptors (Lipinski definition) is 2. The second-order valence-corrected chi connectivity index (χ2v) is 9.29. The van der Waals surface area contributed by atoms with Gasteiger partial charge in [-0.1, -0.05) is 32.0 Å². The smallest absolute Gasteiger partial charge is 0.352 e. The van der Waals surface area contributed by atoms with Crippen molar-refractivity contribution >= 4 is 34.2 Å². The van der Waals surface area contributed by atoms with Crippen molar-refractivity contribution in [1.82, 2.24) is 14.7 Å². The minimum atomic E-state index is -2.21. The van der Waals surface area contributed by atoms with Crippen LogP contribution >= 0.6 is 0 Å². The summed E-state index contributed by atoms with van der Waals surface area (Å²) < 4.78 is 37.5. The number of carbonyl (C=O) groups is 1. The Morgan fingerprint density at radius 3 is 2.71 bits per heavy atom. The zero-order chi connectivity index (χ0) is 24.1. The Bertz CT molecular complexity index is 1520. The number of aromatic carboxylic acids is 1. The molecule has 174 valence electrons. The Hall–Kier alpha value is -3.69. The fourth-order valence-electron chi connectivity index (χ4n) is 4.85. The minimum Gasteiger partial charge on any atom is -0.477 e. The van der Waals surface area contributed by atoms with Crippen molar-refractivity contribution in [3.63, 3.8) is 0 Å². The number of benzene rings is 2. The maximum atomic E-state index is 14.5. The molecule has 9 heteroatoms. The second-order valence-electron chi connectivity index (χ2n) is 8.59. The SMILES string of the molecule is CC(C)c1c(-c2cc(F)cc3[nH]ccc23)[nH]c(C(=O)O)c1-c1cccc2c1C=C(NS(=O)O)C2. The normalized spacial score (nSPS) is 13.9. The highest BCUT2D eigenvalue weighted by atomic mass is 32.2. The van der Waals surface area contributed by atoms with Crippen molar-refractivity contribution in [3.05, 3.63) is 76.5 Å². The molecule has 0 spiro atoms. The van der Waals surface area contributed by atoms with Crippen LogP contribution in [0.2, 0.25) is 0 Å². The standard InChI is InChI=1S/C25H22FN3O4S/c1-12(2)21-22(17-5-3-4-13-8-15(11-18(13)17)29-34(32)33)24(25(30)31)28-23(21)19-9-14(26)10-20-16(19)6-7-27-20/h3-7,9-12,27-29H,8H2,1-2H3,(H,30,31)(H,32,33). The molecule has 0 saturated heterocycles. The summed E-state index contributed by atoms with van der Waals surface area (Å²) in [4.78, 5) is 18.5. The van der Waals surface area contributed by atoms with Gasteiger partial charge in [-0.3, -0.25) is 9.27 Å². The van der Waals surface area contributed by atoms with E-state index in [0.29, 0.717) is 40.0 Å². The molecule has 2 heterocycles. The van der Waals surface area contributed by atoms with Gasteiger partial charge in [-0.15, -0.1) is 0 Å². The van der Waals surface area contributed by atoms with Gasteiger partial charge in [-0.2, -0.15) is 0 Å². The van der Waals surface area contributed by atoms with Crippen LogP contribution in [0.1, 0.15) is 46.9 Å². The maximum Gasteiger partial charge on any atom is 0.352 e. The number of carboxylic acids is 1. The van der Waals surface area contributed by atoms with Crippen molar-refractivity contribution < 1.29 is 23.1 Å². The summed E-state index contributed by atoms with van der Waals surface area (Å²) in [6, 6.07) is 10.3. The van der Waals surface area contributed by atoms with Crippen molar-refractivity contribution in [2.24, 2.45) is 0 Å². The molecule has 4 aromatic rings. The lowest BCUT2D eigenvalue weighted by Gasteiger charge is -2.15. The summed E-state index contributed by atoms with van der Waals surface area (Å²) in [7, 11) is 0. The Morgan fingerprint density at radius 2 is 2.00 bits per heavy atom. The van der Waals surface area contributed by atoms with E-state index in [9.17, 15) is 23.1 Å². The molecule has 2 aromatic carbocycles. The van der Waals surface area contributed by atoms with E-state index in [0.717, 1.165) is 22.1 Å². The quantitative estimate of drug-likeness (QED) is 0.238. The van der Waals surface area contributed by atoms with E-state index in [1.165, 1.54) is 12.1 Å². The van der Waals surface area contributed by atoms with Gasteiger partial charge in [0.2, 0.25) is 0 Å². The van der Waals surface area contributed by atoms with Gasteiger partial charge in [0.05, 0.1) is 5.69 Å². The third kappa shape index (κ3) is 3.63. The van der Waals surface area contributed by atoms with Crippen LogP contribution in [0.4, 0.5) is 4.39 Å². The van der Waals surface area contributed by atoms with Crippen LogP contribution in [0.5, 0.6) is 0 Å². The van der Waals surface area contributed by atoms with Crippen LogP contribution in [0, 0.1) is 5.82 Å². The Kier molecular flexibility index (Phi) is 5.38. The number of nitrogens with one attached hydrogen (secondary N) is 3. The topological polar surface area (TPSA) is 118 Å². The third-order valence-corrected chi connectivity index (χ3v) is 6.55. The predicted molar refractivity (Wildman–Crippen MR) is 130 cm³/mol. The van der Waals surface area contributed by atoms with Gasteiger partial charge in [0.1, 0.15) is 11.5 Å². The molecule has 1 aliphatic carbocycles. The van der Waals surface area contributed by atoms with Crippen LogP contribution in [0.3, 0.4) is 0 Å². The molecule has 5 N–H and O–H groups in total. The molecule has 0 fully saturated rings. The summed E-state index contributed by atoms with van der Waals surface area (Å²) in [6.45, 7) is 3.94. The third-order valence-electron chi connectivity index (χ3n) is 6.12. The number of rotatable bonds is 6. The first kappa shape index (κ1) is 22.1. The summed E-state index contributed by atoms with van der Waals surface area (Å²) >= 11 is -2.21. The lowest BCUT2D eigenvalue weighted by molar-refractivity contribution is 0.0692. The fourth-order valence-corrected chi connectivity index (χ4v) is 5.20. The number of aromatic nitrogens is 2.